The fourth-order valence-corrected chi connectivity index (χ4v) is 1.57. The van der Waals surface area contributed by atoms with Crippen molar-refractivity contribution in [2.24, 2.45) is 0 Å². The van der Waals surface area contributed by atoms with Crippen molar-refractivity contribution in [2.75, 3.05) is 0 Å². The number of carbonyl (C=O) groups is 1. The molecule has 0 aliphatic rings. The van der Waals surface area contributed by atoms with E-state index in [0.29, 0.717) is 0 Å². The van der Waals surface area contributed by atoms with Crippen molar-refractivity contribution < 1.29 is 9.90 Å². The maximum Gasteiger partial charge on any atom is 0.328 e. The Labute approximate surface area is 89.2 Å². The van der Waals surface area contributed by atoms with Crippen molar-refractivity contribution in [3.8, 4) is 0 Å². The van der Waals surface area contributed by atoms with Crippen LogP contribution in [-0.2, 0) is 4.79 Å². The Morgan fingerprint density at radius 1 is 1.47 bits per heavy atom. The molecule has 4 heteroatoms. The summed E-state index contributed by atoms with van der Waals surface area (Å²) >= 11 is 0. The third-order valence-electron chi connectivity index (χ3n) is 2.26. The fourth-order valence-electron chi connectivity index (χ4n) is 1.57. The van der Waals surface area contributed by atoms with Gasteiger partial charge in [-0.1, -0.05) is 0 Å². The Kier molecular flexibility index (Phi) is 3.29. The Morgan fingerprint density at radius 2 is 2.07 bits per heavy atom. The normalized spacial score (nSPS) is 11.5. The van der Waals surface area contributed by atoms with Crippen molar-refractivity contribution in [1.82, 2.24) is 9.78 Å². The van der Waals surface area contributed by atoms with Gasteiger partial charge in [0.1, 0.15) is 0 Å². The molecule has 0 bridgehead atoms. The number of rotatable bonds is 3. The first kappa shape index (κ1) is 11.5. The van der Waals surface area contributed by atoms with Gasteiger partial charge in [0.15, 0.2) is 0 Å². The summed E-state index contributed by atoms with van der Waals surface area (Å²) in [7, 11) is 0. The van der Waals surface area contributed by atoms with Gasteiger partial charge in [-0.25, -0.2) is 4.79 Å². The van der Waals surface area contributed by atoms with Gasteiger partial charge in [-0.15, -0.1) is 0 Å². The lowest BCUT2D eigenvalue weighted by Crippen LogP contribution is -2.04. The number of carboxylic acid groups (broad SMARTS) is 1. The monoisotopic (exact) mass is 208 g/mol. The van der Waals surface area contributed by atoms with Crippen LogP contribution in [0.5, 0.6) is 0 Å². The molecule has 1 heterocycles. The minimum absolute atomic E-state index is 0.288. The highest BCUT2D eigenvalue weighted by Gasteiger charge is 2.10. The summed E-state index contributed by atoms with van der Waals surface area (Å²) in [5.41, 5.74) is 2.75. The highest BCUT2D eigenvalue weighted by molar-refractivity contribution is 5.85. The van der Waals surface area contributed by atoms with E-state index in [9.17, 15) is 4.79 Å². The second-order valence-corrected chi connectivity index (χ2v) is 3.79. The molecule has 0 spiro atoms. The van der Waals surface area contributed by atoms with Gasteiger partial charge in [0.2, 0.25) is 0 Å². The zero-order chi connectivity index (χ0) is 11.6. The molecule has 82 valence electrons. The molecule has 0 radical (unpaired) electrons. The van der Waals surface area contributed by atoms with Crippen molar-refractivity contribution in [3.63, 3.8) is 0 Å². The van der Waals surface area contributed by atoms with Gasteiger partial charge in [-0.05, 0) is 33.8 Å². The second kappa shape index (κ2) is 4.29. The van der Waals surface area contributed by atoms with E-state index in [-0.39, 0.29) is 6.04 Å². The smallest absolute Gasteiger partial charge is 0.328 e. The van der Waals surface area contributed by atoms with Gasteiger partial charge in [0.25, 0.3) is 0 Å². The number of hydrogen-bond donors (Lipinski definition) is 1. The molecular formula is C11H16N2O2. The zero-order valence-corrected chi connectivity index (χ0v) is 9.48. The summed E-state index contributed by atoms with van der Waals surface area (Å²) < 4.78 is 1.90. The number of hydrogen-bond acceptors (Lipinski definition) is 2. The van der Waals surface area contributed by atoms with E-state index >= 15 is 0 Å². The third-order valence-corrected chi connectivity index (χ3v) is 2.26. The molecule has 4 nitrogen and oxygen atoms in total. The van der Waals surface area contributed by atoms with Crippen LogP contribution in [0.1, 0.15) is 36.8 Å². The highest BCUT2D eigenvalue weighted by atomic mass is 16.4. The zero-order valence-electron chi connectivity index (χ0n) is 9.48. The number of nitrogens with zero attached hydrogens (tertiary/aromatic N) is 2. The SMILES string of the molecule is Cc1nn(C(C)C)c(C)c1/C=C/C(=O)O. The van der Waals surface area contributed by atoms with Gasteiger partial charge >= 0.3 is 5.97 Å². The molecule has 0 aromatic carbocycles. The fraction of sp³-hybridized carbons (Fsp3) is 0.455. The molecule has 1 rings (SSSR count). The summed E-state index contributed by atoms with van der Waals surface area (Å²) in [4.78, 5) is 10.4. The minimum atomic E-state index is -0.939. The van der Waals surface area contributed by atoms with Crippen LogP contribution in [-0.4, -0.2) is 20.9 Å². The number of aliphatic carboxylic acids is 1. The number of aryl methyl sites for hydroxylation is 1. The van der Waals surface area contributed by atoms with Crippen molar-refractivity contribution in [1.29, 1.82) is 0 Å². The topological polar surface area (TPSA) is 55.1 Å². The molecule has 0 atom stereocenters. The number of carboxylic acids is 1. The molecule has 1 aromatic rings. The molecule has 0 saturated carbocycles. The van der Waals surface area contributed by atoms with E-state index < -0.39 is 5.97 Å². The summed E-state index contributed by atoms with van der Waals surface area (Å²) in [5, 5.41) is 12.9. The maximum absolute atomic E-state index is 10.4. The van der Waals surface area contributed by atoms with Gasteiger partial charge in [-0.2, -0.15) is 5.10 Å². The molecule has 0 unspecified atom stereocenters. The highest BCUT2D eigenvalue weighted by Crippen LogP contribution is 2.18. The van der Waals surface area contributed by atoms with Crippen LogP contribution in [0.25, 0.3) is 6.08 Å². The lowest BCUT2D eigenvalue weighted by molar-refractivity contribution is -0.131. The summed E-state index contributed by atoms with van der Waals surface area (Å²) in [6.45, 7) is 7.92. The second-order valence-electron chi connectivity index (χ2n) is 3.79. The first-order chi connectivity index (χ1) is 6.93. The van der Waals surface area contributed by atoms with E-state index in [1.54, 1.807) is 6.08 Å². The standard InChI is InChI=1S/C11H16N2O2/c1-7(2)13-9(4)10(8(3)12-13)5-6-11(14)15/h5-7H,1-4H3,(H,14,15)/b6-5+. The Hall–Kier alpha value is -1.58. The summed E-state index contributed by atoms with van der Waals surface area (Å²) in [6.07, 6.45) is 2.74. The van der Waals surface area contributed by atoms with Gasteiger partial charge in [0.05, 0.1) is 5.69 Å². The van der Waals surface area contributed by atoms with Crippen LogP contribution in [0.15, 0.2) is 6.08 Å². The average Bonchev–Trinajstić information content (AvgIpc) is 2.39. The molecule has 0 aliphatic heterocycles. The summed E-state index contributed by atoms with van der Waals surface area (Å²) in [5.74, 6) is -0.939. The first-order valence-electron chi connectivity index (χ1n) is 4.90. The molecule has 1 N–H and O–H groups in total. The van der Waals surface area contributed by atoms with E-state index in [1.807, 2.05) is 32.4 Å². The molecule has 0 amide bonds. The predicted octanol–water partition coefficient (Wildman–Crippen LogP) is 2.18. The quantitative estimate of drug-likeness (QED) is 0.774. The average molecular weight is 208 g/mol. The van der Waals surface area contributed by atoms with Crippen LogP contribution in [0.4, 0.5) is 0 Å². The summed E-state index contributed by atoms with van der Waals surface area (Å²) in [6, 6.07) is 0.288. The maximum atomic E-state index is 10.4. The predicted molar refractivity (Wildman–Crippen MR) is 58.8 cm³/mol. The van der Waals surface area contributed by atoms with Crippen LogP contribution in [0.2, 0.25) is 0 Å². The van der Waals surface area contributed by atoms with E-state index in [2.05, 4.69) is 5.10 Å². The van der Waals surface area contributed by atoms with E-state index in [4.69, 9.17) is 5.11 Å². The van der Waals surface area contributed by atoms with Crippen LogP contribution in [0.3, 0.4) is 0 Å². The van der Waals surface area contributed by atoms with E-state index in [0.717, 1.165) is 23.0 Å². The van der Waals surface area contributed by atoms with Gasteiger partial charge < -0.3 is 5.11 Å². The molecule has 0 aliphatic carbocycles. The molecule has 1 aromatic heterocycles. The largest absolute Gasteiger partial charge is 0.478 e. The molecule has 0 fully saturated rings. The van der Waals surface area contributed by atoms with Gasteiger partial charge in [-0.3, -0.25) is 4.68 Å². The lowest BCUT2D eigenvalue weighted by atomic mass is 10.2. The lowest BCUT2D eigenvalue weighted by Gasteiger charge is -2.07. The van der Waals surface area contributed by atoms with Crippen molar-refractivity contribution in [2.45, 2.75) is 33.7 Å². The Morgan fingerprint density at radius 3 is 2.47 bits per heavy atom. The molecular weight excluding hydrogens is 192 g/mol. The Bertz CT molecular complexity index is 403. The van der Waals surface area contributed by atoms with Crippen LogP contribution < -0.4 is 0 Å². The first-order valence-corrected chi connectivity index (χ1v) is 4.90. The minimum Gasteiger partial charge on any atom is -0.478 e. The van der Waals surface area contributed by atoms with E-state index in [1.165, 1.54) is 0 Å². The Balaban J connectivity index is 3.14. The van der Waals surface area contributed by atoms with Gasteiger partial charge in [0, 0.05) is 23.4 Å². The van der Waals surface area contributed by atoms with Crippen molar-refractivity contribution >= 4 is 12.0 Å². The molecule has 15 heavy (non-hydrogen) atoms. The van der Waals surface area contributed by atoms with Crippen molar-refractivity contribution in [3.05, 3.63) is 23.0 Å². The number of aromatic nitrogens is 2. The molecule has 0 saturated heterocycles. The van der Waals surface area contributed by atoms with Crippen LogP contribution >= 0.6 is 0 Å². The van der Waals surface area contributed by atoms with Crippen LogP contribution in [0, 0.1) is 13.8 Å². The third kappa shape index (κ3) is 2.46.